The van der Waals surface area contributed by atoms with Crippen molar-refractivity contribution < 1.29 is 23.5 Å². The molecule has 12 heteroatoms. The number of carbonyl (C=O) groups is 3. The number of thiophene rings is 1. The highest BCUT2D eigenvalue weighted by Crippen LogP contribution is 2.40. The maximum Gasteiger partial charge on any atom is 0.341 e. The molecule has 0 saturated heterocycles. The molecule has 1 atom stereocenters. The van der Waals surface area contributed by atoms with Gasteiger partial charge in [0.1, 0.15) is 10.8 Å². The van der Waals surface area contributed by atoms with Crippen LogP contribution in [0.3, 0.4) is 0 Å². The van der Waals surface area contributed by atoms with Crippen LogP contribution in [0, 0.1) is 5.82 Å². The Kier molecular flexibility index (Phi) is 8.04. The number of esters is 1. The average molecular weight is 532 g/mol. The molecule has 1 aliphatic rings. The Morgan fingerprint density at radius 2 is 2.08 bits per heavy atom. The maximum atomic E-state index is 13.4. The van der Waals surface area contributed by atoms with Gasteiger partial charge in [0.05, 0.1) is 24.0 Å². The topological polar surface area (TPSA) is 115 Å². The summed E-state index contributed by atoms with van der Waals surface area (Å²) in [5.74, 6) is -1.12. The SMILES string of the molecule is CCOC(=O)c1c(NC(=O)[C@@H](C)Sc2nnc(CNC(=O)c3cccc(F)c3)n2C)sc2c1CCC2. The van der Waals surface area contributed by atoms with Gasteiger partial charge in [0.2, 0.25) is 5.91 Å². The van der Waals surface area contributed by atoms with Crippen LogP contribution in [0.4, 0.5) is 9.39 Å². The Hall–Kier alpha value is -3.25. The summed E-state index contributed by atoms with van der Waals surface area (Å²) in [5, 5.41) is 14.3. The monoisotopic (exact) mass is 531 g/mol. The van der Waals surface area contributed by atoms with Crippen molar-refractivity contribution in [3.05, 3.63) is 57.5 Å². The van der Waals surface area contributed by atoms with Gasteiger partial charge in [0.25, 0.3) is 5.91 Å². The number of rotatable bonds is 9. The van der Waals surface area contributed by atoms with Gasteiger partial charge in [-0.2, -0.15) is 0 Å². The highest BCUT2D eigenvalue weighted by atomic mass is 32.2. The molecule has 0 radical (unpaired) electrons. The van der Waals surface area contributed by atoms with E-state index in [2.05, 4.69) is 20.8 Å². The zero-order valence-electron chi connectivity index (χ0n) is 20.1. The van der Waals surface area contributed by atoms with Crippen molar-refractivity contribution in [1.82, 2.24) is 20.1 Å². The van der Waals surface area contributed by atoms with Crippen LogP contribution >= 0.6 is 23.1 Å². The van der Waals surface area contributed by atoms with E-state index in [0.717, 1.165) is 35.8 Å². The smallest absolute Gasteiger partial charge is 0.341 e. The Balaban J connectivity index is 1.38. The lowest BCUT2D eigenvalue weighted by atomic mass is 10.1. The summed E-state index contributed by atoms with van der Waals surface area (Å²) in [6, 6.07) is 5.41. The molecule has 36 heavy (non-hydrogen) atoms. The van der Waals surface area contributed by atoms with Crippen molar-refractivity contribution in [2.45, 2.75) is 50.1 Å². The third-order valence-electron chi connectivity index (χ3n) is 5.71. The molecule has 4 rings (SSSR count). The van der Waals surface area contributed by atoms with Gasteiger partial charge < -0.3 is 19.9 Å². The second kappa shape index (κ2) is 11.2. The molecule has 2 N–H and O–H groups in total. The lowest BCUT2D eigenvalue weighted by Gasteiger charge is -2.12. The quantitative estimate of drug-likeness (QED) is 0.319. The molecule has 1 aliphatic carbocycles. The third kappa shape index (κ3) is 5.59. The van der Waals surface area contributed by atoms with Crippen molar-refractivity contribution in [2.24, 2.45) is 7.05 Å². The molecule has 0 bridgehead atoms. The standard InChI is InChI=1S/C24H26FN5O4S2/c1-4-34-23(33)19-16-9-6-10-17(16)36-22(19)27-20(31)13(2)35-24-29-28-18(30(24)3)12-26-21(32)14-7-5-8-15(25)11-14/h5,7-8,11,13H,4,6,9-10,12H2,1-3H3,(H,26,32)(H,27,31)/t13-/m1/s1. The van der Waals surface area contributed by atoms with Crippen LogP contribution in [0.1, 0.15) is 57.2 Å². The number of carbonyl (C=O) groups excluding carboxylic acids is 3. The van der Waals surface area contributed by atoms with Gasteiger partial charge in [-0.25, -0.2) is 9.18 Å². The molecule has 2 aromatic heterocycles. The van der Waals surface area contributed by atoms with Crippen molar-refractivity contribution >= 4 is 45.9 Å². The number of amides is 2. The van der Waals surface area contributed by atoms with Crippen LogP contribution < -0.4 is 10.6 Å². The van der Waals surface area contributed by atoms with E-state index in [1.54, 1.807) is 25.5 Å². The number of aromatic nitrogens is 3. The number of benzene rings is 1. The molecule has 0 saturated carbocycles. The van der Waals surface area contributed by atoms with Gasteiger partial charge in [-0.15, -0.1) is 21.5 Å². The first-order valence-corrected chi connectivity index (χ1v) is 13.2. The van der Waals surface area contributed by atoms with Crippen LogP contribution in [0.15, 0.2) is 29.4 Å². The minimum atomic E-state index is -0.533. The van der Waals surface area contributed by atoms with Crippen LogP contribution in [0.5, 0.6) is 0 Å². The number of fused-ring (bicyclic) bond motifs is 1. The largest absolute Gasteiger partial charge is 0.462 e. The molecule has 9 nitrogen and oxygen atoms in total. The summed E-state index contributed by atoms with van der Waals surface area (Å²) < 4.78 is 20.3. The van der Waals surface area contributed by atoms with Crippen molar-refractivity contribution in [3.63, 3.8) is 0 Å². The van der Waals surface area contributed by atoms with Crippen LogP contribution in [-0.2, 0) is 36.0 Å². The minimum absolute atomic E-state index is 0.0869. The molecule has 0 aliphatic heterocycles. The van der Waals surface area contributed by atoms with Crippen molar-refractivity contribution in [2.75, 3.05) is 11.9 Å². The second-order valence-corrected chi connectivity index (χ2v) is 10.6. The van der Waals surface area contributed by atoms with E-state index in [1.165, 1.54) is 41.3 Å². The van der Waals surface area contributed by atoms with Gasteiger partial charge in [-0.05, 0) is 56.9 Å². The van der Waals surface area contributed by atoms with E-state index in [4.69, 9.17) is 4.74 Å². The predicted molar refractivity (Wildman–Crippen MR) is 135 cm³/mol. The predicted octanol–water partition coefficient (Wildman–Crippen LogP) is 3.73. The van der Waals surface area contributed by atoms with Gasteiger partial charge in [-0.1, -0.05) is 17.8 Å². The number of halogens is 1. The molecule has 1 aromatic carbocycles. The summed E-state index contributed by atoms with van der Waals surface area (Å²) in [6.07, 6.45) is 2.69. The third-order valence-corrected chi connectivity index (χ3v) is 8.05. The van der Waals surface area contributed by atoms with E-state index in [9.17, 15) is 18.8 Å². The summed E-state index contributed by atoms with van der Waals surface area (Å²) in [4.78, 5) is 38.9. The number of anilines is 1. The number of ether oxygens (including phenoxy) is 1. The van der Waals surface area contributed by atoms with Gasteiger partial charge in [0.15, 0.2) is 11.0 Å². The van der Waals surface area contributed by atoms with E-state index in [-0.39, 0.29) is 24.6 Å². The highest BCUT2D eigenvalue weighted by molar-refractivity contribution is 8.00. The Labute approximate surface area is 215 Å². The number of nitrogens with zero attached hydrogens (tertiary/aromatic N) is 3. The fourth-order valence-electron chi connectivity index (χ4n) is 3.83. The van der Waals surface area contributed by atoms with E-state index >= 15 is 0 Å². The van der Waals surface area contributed by atoms with Gasteiger partial charge >= 0.3 is 5.97 Å². The van der Waals surface area contributed by atoms with Crippen LogP contribution in [-0.4, -0.2) is 44.4 Å². The number of thioether (sulfide) groups is 1. The van der Waals surface area contributed by atoms with Gasteiger partial charge in [0, 0.05) is 17.5 Å². The first-order chi connectivity index (χ1) is 17.3. The first-order valence-electron chi connectivity index (χ1n) is 11.5. The fourth-order valence-corrected chi connectivity index (χ4v) is 5.94. The Morgan fingerprint density at radius 1 is 1.28 bits per heavy atom. The molecule has 2 amide bonds. The maximum absolute atomic E-state index is 13.4. The summed E-state index contributed by atoms with van der Waals surface area (Å²) >= 11 is 2.64. The molecule has 0 unspecified atom stereocenters. The van der Waals surface area contributed by atoms with Gasteiger partial charge in [-0.3, -0.25) is 9.59 Å². The van der Waals surface area contributed by atoms with Crippen molar-refractivity contribution in [3.8, 4) is 0 Å². The zero-order valence-corrected chi connectivity index (χ0v) is 21.7. The first kappa shape index (κ1) is 25.8. The Bertz CT molecular complexity index is 1310. The molecule has 2 heterocycles. The summed E-state index contributed by atoms with van der Waals surface area (Å²) in [7, 11) is 1.74. The lowest BCUT2D eigenvalue weighted by molar-refractivity contribution is -0.115. The molecular weight excluding hydrogens is 505 g/mol. The second-order valence-electron chi connectivity index (χ2n) is 8.18. The number of aryl methyl sites for hydroxylation is 1. The zero-order chi connectivity index (χ0) is 25.8. The van der Waals surface area contributed by atoms with E-state index in [0.29, 0.717) is 21.5 Å². The summed E-state index contributed by atoms with van der Waals surface area (Å²) in [6.45, 7) is 3.85. The number of nitrogens with one attached hydrogen (secondary N) is 2. The molecule has 0 spiro atoms. The van der Waals surface area contributed by atoms with Crippen LogP contribution in [0.25, 0.3) is 0 Å². The van der Waals surface area contributed by atoms with Crippen molar-refractivity contribution in [1.29, 1.82) is 0 Å². The van der Waals surface area contributed by atoms with E-state index in [1.807, 2.05) is 0 Å². The van der Waals surface area contributed by atoms with Crippen LogP contribution in [0.2, 0.25) is 0 Å². The van der Waals surface area contributed by atoms with E-state index < -0.39 is 22.9 Å². The number of hydrogen-bond acceptors (Lipinski definition) is 8. The normalized spacial score (nSPS) is 13.2. The molecule has 0 fully saturated rings. The fraction of sp³-hybridized carbons (Fsp3) is 0.375. The average Bonchev–Trinajstić information content (AvgIpc) is 3.53. The minimum Gasteiger partial charge on any atom is -0.462 e. The molecule has 190 valence electrons. The molecule has 3 aromatic rings. The highest BCUT2D eigenvalue weighted by Gasteiger charge is 2.29. The number of hydrogen-bond donors (Lipinski definition) is 2. The summed E-state index contributed by atoms with van der Waals surface area (Å²) in [5.41, 5.74) is 1.65. The lowest BCUT2D eigenvalue weighted by Crippen LogP contribution is -2.25. The molecular formula is C24H26FN5O4S2. The Morgan fingerprint density at radius 3 is 2.83 bits per heavy atom.